The van der Waals surface area contributed by atoms with Crippen LogP contribution in [0.5, 0.6) is 0 Å². The summed E-state index contributed by atoms with van der Waals surface area (Å²) in [6.07, 6.45) is 1.65. The molecule has 1 N–H and O–H groups in total. The molecule has 1 heterocycles. The molecule has 0 aliphatic heterocycles. The lowest BCUT2D eigenvalue weighted by Gasteiger charge is -2.02. The lowest BCUT2D eigenvalue weighted by molar-refractivity contribution is -0.137. The number of aliphatic carboxylic acids is 1. The molecule has 1 atom stereocenters. The summed E-state index contributed by atoms with van der Waals surface area (Å²) in [4.78, 5) is 10.3. The van der Waals surface area contributed by atoms with E-state index in [4.69, 9.17) is 9.52 Å². The largest absolute Gasteiger partial charge is 0.481 e. The van der Waals surface area contributed by atoms with E-state index in [-0.39, 0.29) is 12.3 Å². The number of furan rings is 1. The number of halogens is 1. The van der Waals surface area contributed by atoms with E-state index < -0.39 is 5.97 Å². The number of carboxylic acids is 1. The summed E-state index contributed by atoms with van der Waals surface area (Å²) in [7, 11) is 0. The van der Waals surface area contributed by atoms with Crippen LogP contribution in [0, 0.1) is 0 Å². The van der Waals surface area contributed by atoms with Gasteiger partial charge in [-0.25, -0.2) is 0 Å². The van der Waals surface area contributed by atoms with Crippen LogP contribution in [0.4, 0.5) is 0 Å². The second-order valence-electron chi connectivity index (χ2n) is 2.67. The van der Waals surface area contributed by atoms with Crippen molar-refractivity contribution >= 4 is 21.9 Å². The molecule has 4 heteroatoms. The fourth-order valence-corrected chi connectivity index (χ4v) is 1.27. The highest BCUT2D eigenvalue weighted by Gasteiger charge is 2.13. The number of rotatable bonds is 3. The van der Waals surface area contributed by atoms with Gasteiger partial charge < -0.3 is 9.52 Å². The first-order chi connectivity index (χ1) is 5.59. The molecule has 0 fully saturated rings. The van der Waals surface area contributed by atoms with Crippen LogP contribution >= 0.6 is 15.9 Å². The molecule has 0 saturated carbocycles. The topological polar surface area (TPSA) is 50.4 Å². The smallest absolute Gasteiger partial charge is 0.304 e. The summed E-state index contributed by atoms with van der Waals surface area (Å²) in [5.74, 6) is -0.187. The van der Waals surface area contributed by atoms with Crippen LogP contribution in [0.25, 0.3) is 0 Å². The maximum Gasteiger partial charge on any atom is 0.304 e. The minimum atomic E-state index is -0.810. The highest BCUT2D eigenvalue weighted by molar-refractivity contribution is 9.10. The van der Waals surface area contributed by atoms with E-state index in [0.717, 1.165) is 4.47 Å². The van der Waals surface area contributed by atoms with E-state index in [1.54, 1.807) is 12.3 Å². The quantitative estimate of drug-likeness (QED) is 0.872. The maximum atomic E-state index is 10.3. The second kappa shape index (κ2) is 3.76. The molecule has 0 aliphatic rings. The van der Waals surface area contributed by atoms with Crippen molar-refractivity contribution in [1.82, 2.24) is 0 Å². The fraction of sp³-hybridized carbons (Fsp3) is 0.375. The standard InChI is InChI=1S/C8H9BrO3/c1-5(2-8(10)11)7-3-6(9)4-12-7/h3-5H,2H2,1H3,(H,10,11). The van der Waals surface area contributed by atoms with E-state index in [9.17, 15) is 4.79 Å². The van der Waals surface area contributed by atoms with Crippen LogP contribution < -0.4 is 0 Å². The third-order valence-corrected chi connectivity index (χ3v) is 1.97. The zero-order valence-electron chi connectivity index (χ0n) is 6.58. The number of hydrogen-bond acceptors (Lipinski definition) is 2. The molecule has 0 saturated heterocycles. The van der Waals surface area contributed by atoms with Crippen molar-refractivity contribution in [3.05, 3.63) is 22.6 Å². The second-order valence-corrected chi connectivity index (χ2v) is 3.58. The fourth-order valence-electron chi connectivity index (χ4n) is 0.949. The zero-order chi connectivity index (χ0) is 9.14. The highest BCUT2D eigenvalue weighted by Crippen LogP contribution is 2.23. The molecule has 12 heavy (non-hydrogen) atoms. The van der Waals surface area contributed by atoms with Crippen LogP contribution in [0.1, 0.15) is 25.0 Å². The molecule has 0 amide bonds. The summed E-state index contributed by atoms with van der Waals surface area (Å²) in [6.45, 7) is 1.82. The van der Waals surface area contributed by atoms with Crippen molar-refractivity contribution in [2.45, 2.75) is 19.3 Å². The Hall–Kier alpha value is -0.770. The molecule has 1 unspecified atom stereocenters. The molecule has 1 rings (SSSR count). The minimum Gasteiger partial charge on any atom is -0.481 e. The van der Waals surface area contributed by atoms with Gasteiger partial charge in [0.1, 0.15) is 12.0 Å². The highest BCUT2D eigenvalue weighted by atomic mass is 79.9. The monoisotopic (exact) mass is 232 g/mol. The van der Waals surface area contributed by atoms with E-state index in [2.05, 4.69) is 15.9 Å². The van der Waals surface area contributed by atoms with Gasteiger partial charge in [-0.1, -0.05) is 6.92 Å². The van der Waals surface area contributed by atoms with E-state index in [0.29, 0.717) is 5.76 Å². The number of hydrogen-bond donors (Lipinski definition) is 1. The van der Waals surface area contributed by atoms with E-state index in [1.165, 1.54) is 0 Å². The van der Waals surface area contributed by atoms with Gasteiger partial charge in [0.2, 0.25) is 0 Å². The first kappa shape index (κ1) is 9.32. The molecular weight excluding hydrogens is 224 g/mol. The van der Waals surface area contributed by atoms with Gasteiger partial charge in [0.25, 0.3) is 0 Å². The van der Waals surface area contributed by atoms with Gasteiger partial charge >= 0.3 is 5.97 Å². The molecule has 1 aromatic rings. The van der Waals surface area contributed by atoms with Gasteiger partial charge in [-0.3, -0.25) is 4.79 Å². The summed E-state index contributed by atoms with van der Waals surface area (Å²) >= 11 is 3.23. The van der Waals surface area contributed by atoms with E-state index in [1.807, 2.05) is 6.92 Å². The summed E-state index contributed by atoms with van der Waals surface area (Å²) in [6, 6.07) is 1.79. The van der Waals surface area contributed by atoms with Crippen molar-refractivity contribution in [3.63, 3.8) is 0 Å². The Morgan fingerprint density at radius 1 is 1.83 bits per heavy atom. The third kappa shape index (κ3) is 2.37. The summed E-state index contributed by atoms with van der Waals surface area (Å²) < 4.78 is 5.96. The summed E-state index contributed by atoms with van der Waals surface area (Å²) in [5.41, 5.74) is 0. The van der Waals surface area contributed by atoms with Crippen molar-refractivity contribution < 1.29 is 14.3 Å². The first-order valence-electron chi connectivity index (χ1n) is 3.55. The van der Waals surface area contributed by atoms with Gasteiger partial charge in [-0.15, -0.1) is 0 Å². The molecule has 3 nitrogen and oxygen atoms in total. The molecule has 0 radical (unpaired) electrons. The third-order valence-electron chi connectivity index (χ3n) is 1.55. The zero-order valence-corrected chi connectivity index (χ0v) is 8.17. The molecule has 1 aromatic heterocycles. The Bertz CT molecular complexity index is 280. The number of carboxylic acid groups (broad SMARTS) is 1. The van der Waals surface area contributed by atoms with Gasteiger partial charge in [0.15, 0.2) is 0 Å². The molecule has 0 spiro atoms. The van der Waals surface area contributed by atoms with Crippen LogP contribution in [0.15, 0.2) is 21.2 Å². The molecule has 0 bridgehead atoms. The minimum absolute atomic E-state index is 0.0752. The van der Waals surface area contributed by atoms with Crippen molar-refractivity contribution in [3.8, 4) is 0 Å². The van der Waals surface area contributed by atoms with Crippen molar-refractivity contribution in [2.75, 3.05) is 0 Å². The SMILES string of the molecule is CC(CC(=O)O)c1cc(Br)co1. The Morgan fingerprint density at radius 2 is 2.50 bits per heavy atom. The van der Waals surface area contributed by atoms with Crippen molar-refractivity contribution in [1.29, 1.82) is 0 Å². The Morgan fingerprint density at radius 3 is 2.92 bits per heavy atom. The Balaban J connectivity index is 2.64. The lowest BCUT2D eigenvalue weighted by atomic mass is 10.1. The summed E-state index contributed by atoms with van der Waals surface area (Å²) in [5, 5.41) is 8.50. The van der Waals surface area contributed by atoms with Gasteiger partial charge in [0.05, 0.1) is 10.9 Å². The lowest BCUT2D eigenvalue weighted by Crippen LogP contribution is -2.01. The molecule has 0 aliphatic carbocycles. The predicted octanol–water partition coefficient (Wildman–Crippen LogP) is 2.62. The number of carbonyl (C=O) groups is 1. The van der Waals surface area contributed by atoms with Crippen LogP contribution in [0.2, 0.25) is 0 Å². The van der Waals surface area contributed by atoms with Crippen LogP contribution in [-0.2, 0) is 4.79 Å². The molecule has 0 aromatic carbocycles. The predicted molar refractivity (Wildman–Crippen MR) is 47.1 cm³/mol. The average molecular weight is 233 g/mol. The molecule has 66 valence electrons. The average Bonchev–Trinajstić information content (AvgIpc) is 2.34. The van der Waals surface area contributed by atoms with Crippen LogP contribution in [-0.4, -0.2) is 11.1 Å². The van der Waals surface area contributed by atoms with Gasteiger partial charge in [-0.05, 0) is 22.0 Å². The van der Waals surface area contributed by atoms with Crippen molar-refractivity contribution in [2.24, 2.45) is 0 Å². The van der Waals surface area contributed by atoms with E-state index >= 15 is 0 Å². The Labute approximate surface area is 78.5 Å². The van der Waals surface area contributed by atoms with Gasteiger partial charge in [-0.2, -0.15) is 0 Å². The normalized spacial score (nSPS) is 12.8. The van der Waals surface area contributed by atoms with Gasteiger partial charge in [0, 0.05) is 5.92 Å². The Kier molecular flexibility index (Phi) is 2.92. The molecular formula is C8H9BrO3. The maximum absolute atomic E-state index is 10.3. The van der Waals surface area contributed by atoms with Crippen LogP contribution in [0.3, 0.4) is 0 Å². The first-order valence-corrected chi connectivity index (χ1v) is 4.34.